The summed E-state index contributed by atoms with van der Waals surface area (Å²) < 4.78 is 34.3. The Morgan fingerprint density at radius 2 is 2.06 bits per heavy atom. The molecule has 3 rings (SSSR count). The van der Waals surface area contributed by atoms with Crippen LogP contribution in [0.2, 0.25) is 0 Å². The molecule has 36 heavy (non-hydrogen) atoms. The lowest BCUT2D eigenvalue weighted by Crippen LogP contribution is -2.46. The summed E-state index contributed by atoms with van der Waals surface area (Å²) >= 11 is 1.20. The molecule has 1 aliphatic heterocycles. The number of nitrogens with one attached hydrogen (secondary N) is 2. The average Bonchev–Trinajstić information content (AvgIpc) is 3.28. The number of thioether (sulfide) groups is 1. The summed E-state index contributed by atoms with van der Waals surface area (Å²) in [6.45, 7) is 4.19. The lowest BCUT2D eigenvalue weighted by Gasteiger charge is -2.37. The first-order valence-corrected chi connectivity index (χ1v) is 12.3. The van der Waals surface area contributed by atoms with Crippen molar-refractivity contribution in [1.29, 1.82) is 5.26 Å². The molecule has 2 N–H and O–H groups in total. The minimum absolute atomic E-state index is 0.0172. The number of carbonyl (C=O) groups is 1. The third kappa shape index (κ3) is 6.01. The predicted octanol–water partition coefficient (Wildman–Crippen LogP) is 3.91. The number of aliphatic imine (C=N–C) groups is 1. The Bertz CT molecular complexity index is 1170. The number of nitrogens with zero attached hydrogens (tertiary/aromatic N) is 4. The Balaban J connectivity index is 2.02. The molecule has 1 amide bonds. The molecule has 0 saturated carbocycles. The summed E-state index contributed by atoms with van der Waals surface area (Å²) in [5.74, 6) is -1.31. The number of hydrogen-bond donors (Lipinski definition) is 2. The lowest BCUT2D eigenvalue weighted by molar-refractivity contribution is -0.146. The second-order valence-electron chi connectivity index (χ2n) is 7.87. The molecule has 0 spiro atoms. The van der Waals surface area contributed by atoms with Crippen LogP contribution in [0.15, 0.2) is 58.6 Å². The number of benzene rings is 2. The molecule has 11 heteroatoms. The number of ether oxygens (including phenoxy) is 1. The summed E-state index contributed by atoms with van der Waals surface area (Å²) in [7, 11) is 1.55. The molecule has 0 aliphatic carbocycles. The molecule has 0 saturated heterocycles. The van der Waals surface area contributed by atoms with E-state index in [2.05, 4.69) is 20.7 Å². The van der Waals surface area contributed by atoms with E-state index in [1.165, 1.54) is 16.8 Å². The van der Waals surface area contributed by atoms with E-state index in [0.717, 1.165) is 23.8 Å². The van der Waals surface area contributed by atoms with E-state index >= 15 is 0 Å². The van der Waals surface area contributed by atoms with E-state index in [-0.39, 0.29) is 10.6 Å². The molecular formula is C25H28F2N6O2S. The highest BCUT2D eigenvalue weighted by Crippen LogP contribution is 2.50. The standard InChI is InChI=1S/C25H28F2N6O2S/c1-4-35-17(2)23(34)33-25(18-9-6-5-7-10-18,13-8-14-30-24(29-3)31-16-28)36-22(32-33)20-15-19(26)11-12-21(20)27/h5-7,9-12,15,17H,4,8,13-14H2,1-3H3,(H2,29,30,31)/t17-,25?/m0/s1. The molecule has 190 valence electrons. The summed E-state index contributed by atoms with van der Waals surface area (Å²) in [5, 5.41) is 20.4. The Labute approximate surface area is 213 Å². The van der Waals surface area contributed by atoms with Gasteiger partial charge in [-0.3, -0.25) is 15.1 Å². The van der Waals surface area contributed by atoms with Crippen molar-refractivity contribution in [1.82, 2.24) is 15.6 Å². The van der Waals surface area contributed by atoms with Gasteiger partial charge in [-0.1, -0.05) is 42.1 Å². The minimum atomic E-state index is -1.04. The first kappa shape index (κ1) is 27.1. The second-order valence-corrected chi connectivity index (χ2v) is 9.13. The van der Waals surface area contributed by atoms with E-state index in [1.54, 1.807) is 20.9 Å². The molecule has 1 aliphatic rings. The molecule has 2 aromatic rings. The quantitative estimate of drug-likeness (QED) is 0.173. The van der Waals surface area contributed by atoms with Gasteiger partial charge >= 0.3 is 0 Å². The summed E-state index contributed by atoms with van der Waals surface area (Å²) in [4.78, 5) is 16.5. The van der Waals surface area contributed by atoms with Crippen molar-refractivity contribution in [3.8, 4) is 6.19 Å². The van der Waals surface area contributed by atoms with Crippen molar-refractivity contribution < 1.29 is 18.3 Å². The SMILES string of the molecule is CCO[C@@H](C)C(=O)N1N=C(c2cc(F)ccc2F)SC1(CCCNC(=NC)NC#N)c1ccccc1. The van der Waals surface area contributed by atoms with Gasteiger partial charge in [0.1, 0.15) is 27.7 Å². The van der Waals surface area contributed by atoms with Crippen LogP contribution in [0.1, 0.15) is 37.8 Å². The summed E-state index contributed by atoms with van der Waals surface area (Å²) in [6.07, 6.45) is 1.97. The second kappa shape index (κ2) is 12.5. The molecule has 1 heterocycles. The van der Waals surface area contributed by atoms with Crippen molar-refractivity contribution in [2.45, 2.75) is 37.7 Å². The van der Waals surface area contributed by atoms with Gasteiger partial charge in [0.05, 0.1) is 0 Å². The molecule has 1 unspecified atom stereocenters. The van der Waals surface area contributed by atoms with Gasteiger partial charge in [0.15, 0.2) is 6.19 Å². The van der Waals surface area contributed by atoms with Gasteiger partial charge in [-0.25, -0.2) is 13.8 Å². The largest absolute Gasteiger partial charge is 0.369 e. The maximum Gasteiger partial charge on any atom is 0.273 e. The lowest BCUT2D eigenvalue weighted by atomic mass is 9.99. The van der Waals surface area contributed by atoms with E-state index < -0.39 is 28.5 Å². The van der Waals surface area contributed by atoms with Crippen LogP contribution in [-0.4, -0.2) is 48.2 Å². The van der Waals surface area contributed by atoms with Gasteiger partial charge in [0.25, 0.3) is 5.91 Å². The van der Waals surface area contributed by atoms with Crippen LogP contribution in [0.4, 0.5) is 8.78 Å². The highest BCUT2D eigenvalue weighted by atomic mass is 32.2. The third-order valence-corrected chi connectivity index (χ3v) is 6.98. The fourth-order valence-corrected chi connectivity index (χ4v) is 5.26. The molecular weight excluding hydrogens is 486 g/mol. The zero-order valence-electron chi connectivity index (χ0n) is 20.3. The Morgan fingerprint density at radius 1 is 1.31 bits per heavy atom. The predicted molar refractivity (Wildman–Crippen MR) is 136 cm³/mol. The Hall–Kier alpha value is -3.49. The zero-order valence-corrected chi connectivity index (χ0v) is 21.1. The topological polar surface area (TPSA) is 102 Å². The fraction of sp³-hybridized carbons (Fsp3) is 0.360. The smallest absolute Gasteiger partial charge is 0.273 e. The first-order chi connectivity index (χ1) is 17.4. The van der Waals surface area contributed by atoms with Crippen molar-refractivity contribution in [2.75, 3.05) is 20.2 Å². The molecule has 0 fully saturated rings. The van der Waals surface area contributed by atoms with Crippen molar-refractivity contribution in [2.24, 2.45) is 10.1 Å². The number of halogens is 2. The average molecular weight is 515 g/mol. The summed E-state index contributed by atoms with van der Waals surface area (Å²) in [5.41, 5.74) is 0.763. The fourth-order valence-electron chi connectivity index (χ4n) is 3.83. The van der Waals surface area contributed by atoms with Crippen LogP contribution in [0.25, 0.3) is 0 Å². The third-order valence-electron chi connectivity index (χ3n) is 5.54. The molecule has 2 aromatic carbocycles. The Kier molecular flexibility index (Phi) is 9.38. The maximum atomic E-state index is 14.7. The number of hydrazone groups is 1. The normalized spacial score (nSPS) is 18.4. The van der Waals surface area contributed by atoms with Crippen LogP contribution in [0, 0.1) is 23.1 Å². The van der Waals surface area contributed by atoms with E-state index in [4.69, 9.17) is 10.00 Å². The molecule has 2 atom stereocenters. The van der Waals surface area contributed by atoms with Crippen molar-refractivity contribution >= 4 is 28.7 Å². The highest BCUT2D eigenvalue weighted by Gasteiger charge is 2.49. The number of guanidine groups is 1. The molecule has 0 bridgehead atoms. The van der Waals surface area contributed by atoms with E-state index in [1.807, 2.05) is 36.5 Å². The molecule has 8 nitrogen and oxygen atoms in total. The van der Waals surface area contributed by atoms with E-state index in [0.29, 0.717) is 32.0 Å². The van der Waals surface area contributed by atoms with Crippen LogP contribution in [0.3, 0.4) is 0 Å². The monoisotopic (exact) mass is 514 g/mol. The number of rotatable bonds is 9. The van der Waals surface area contributed by atoms with Crippen LogP contribution in [0.5, 0.6) is 0 Å². The maximum absolute atomic E-state index is 14.7. The summed E-state index contributed by atoms with van der Waals surface area (Å²) in [6, 6.07) is 12.5. The van der Waals surface area contributed by atoms with Crippen molar-refractivity contribution in [3.63, 3.8) is 0 Å². The van der Waals surface area contributed by atoms with Gasteiger partial charge in [-0.2, -0.15) is 10.4 Å². The molecule has 0 aromatic heterocycles. The van der Waals surface area contributed by atoms with Gasteiger partial charge in [0, 0.05) is 25.8 Å². The number of carbonyl (C=O) groups excluding carboxylic acids is 1. The van der Waals surface area contributed by atoms with Crippen molar-refractivity contribution in [3.05, 3.63) is 71.3 Å². The van der Waals surface area contributed by atoms with Gasteiger partial charge in [-0.05, 0) is 50.5 Å². The highest BCUT2D eigenvalue weighted by molar-refractivity contribution is 8.15. The first-order valence-electron chi connectivity index (χ1n) is 11.5. The molecule has 0 radical (unpaired) electrons. The van der Waals surface area contributed by atoms with E-state index in [9.17, 15) is 13.6 Å². The number of amides is 1. The van der Waals surface area contributed by atoms with Gasteiger partial charge in [-0.15, -0.1) is 0 Å². The zero-order chi connectivity index (χ0) is 26.1. The minimum Gasteiger partial charge on any atom is -0.369 e. The van der Waals surface area contributed by atoms with Crippen LogP contribution in [-0.2, 0) is 14.4 Å². The Morgan fingerprint density at radius 3 is 2.72 bits per heavy atom. The number of nitriles is 1. The van der Waals surface area contributed by atoms with Crippen LogP contribution < -0.4 is 10.6 Å². The van der Waals surface area contributed by atoms with Gasteiger partial charge in [0.2, 0.25) is 5.96 Å². The van der Waals surface area contributed by atoms with Crippen LogP contribution >= 0.6 is 11.8 Å². The van der Waals surface area contributed by atoms with Gasteiger partial charge < -0.3 is 10.1 Å². The number of hydrogen-bond acceptors (Lipinski definition) is 6.